The molecule has 3 unspecified atom stereocenters. The van der Waals surface area contributed by atoms with E-state index in [1.807, 2.05) is 0 Å². The van der Waals surface area contributed by atoms with Gasteiger partial charge in [0.2, 0.25) is 0 Å². The third-order valence-corrected chi connectivity index (χ3v) is 3.84. The van der Waals surface area contributed by atoms with E-state index in [4.69, 9.17) is 0 Å². The van der Waals surface area contributed by atoms with Gasteiger partial charge in [-0.25, -0.2) is 0 Å². The van der Waals surface area contributed by atoms with Crippen LogP contribution in [0, 0.1) is 17.8 Å². The summed E-state index contributed by atoms with van der Waals surface area (Å²) in [6.07, 6.45) is 5.88. The fourth-order valence-electron chi connectivity index (χ4n) is 3.29. The molecule has 0 aromatic carbocycles. The van der Waals surface area contributed by atoms with E-state index in [2.05, 4.69) is 19.2 Å². The summed E-state index contributed by atoms with van der Waals surface area (Å²) in [5.74, 6) is 3.30. The summed E-state index contributed by atoms with van der Waals surface area (Å²) in [5.41, 5.74) is 0. The molecule has 2 aliphatic rings. The molecule has 1 N–H and O–H groups in total. The number of fused-ring (bicyclic) bond motifs is 1. The van der Waals surface area contributed by atoms with E-state index in [0.29, 0.717) is 0 Å². The van der Waals surface area contributed by atoms with E-state index in [0.717, 1.165) is 30.3 Å². The minimum Gasteiger partial charge on any atom is -0.314 e. The van der Waals surface area contributed by atoms with Gasteiger partial charge in [0.05, 0.1) is 0 Å². The Hall–Kier alpha value is -0.0400. The van der Waals surface area contributed by atoms with Crippen LogP contribution in [0.4, 0.5) is 0 Å². The Bertz CT molecular complexity index is 145. The zero-order valence-corrected chi connectivity index (χ0v) is 8.34. The van der Waals surface area contributed by atoms with Crippen LogP contribution >= 0.6 is 0 Å². The Kier molecular flexibility index (Phi) is 2.40. The SMILES string of the molecule is CCNC(CC)C1C2CCCC21. The van der Waals surface area contributed by atoms with Crippen molar-refractivity contribution in [2.75, 3.05) is 6.54 Å². The smallest absolute Gasteiger partial charge is 0.00980 e. The van der Waals surface area contributed by atoms with Crippen LogP contribution in [-0.2, 0) is 0 Å². The fraction of sp³-hybridized carbons (Fsp3) is 1.00. The first kappa shape index (κ1) is 8.55. The van der Waals surface area contributed by atoms with Gasteiger partial charge in [-0.1, -0.05) is 20.3 Å². The van der Waals surface area contributed by atoms with Gasteiger partial charge in [-0.15, -0.1) is 0 Å². The number of nitrogens with one attached hydrogen (secondary N) is 1. The minimum atomic E-state index is 0.838. The Morgan fingerprint density at radius 3 is 2.42 bits per heavy atom. The third-order valence-electron chi connectivity index (χ3n) is 3.84. The van der Waals surface area contributed by atoms with Crippen molar-refractivity contribution in [3.63, 3.8) is 0 Å². The lowest BCUT2D eigenvalue weighted by Crippen LogP contribution is -2.31. The second-order valence-electron chi connectivity index (χ2n) is 4.41. The summed E-state index contributed by atoms with van der Waals surface area (Å²) in [4.78, 5) is 0. The van der Waals surface area contributed by atoms with Crippen molar-refractivity contribution >= 4 is 0 Å². The van der Waals surface area contributed by atoms with Crippen LogP contribution in [0.25, 0.3) is 0 Å². The molecular weight excluding hydrogens is 146 g/mol. The van der Waals surface area contributed by atoms with E-state index >= 15 is 0 Å². The quantitative estimate of drug-likeness (QED) is 0.678. The first-order valence-corrected chi connectivity index (χ1v) is 5.61. The van der Waals surface area contributed by atoms with Gasteiger partial charge in [0.15, 0.2) is 0 Å². The molecule has 0 radical (unpaired) electrons. The molecule has 0 aromatic rings. The van der Waals surface area contributed by atoms with E-state index in [-0.39, 0.29) is 0 Å². The zero-order valence-electron chi connectivity index (χ0n) is 8.34. The van der Waals surface area contributed by atoms with Crippen molar-refractivity contribution in [2.45, 2.75) is 45.6 Å². The molecular formula is C11H21N. The molecule has 2 saturated carbocycles. The monoisotopic (exact) mass is 167 g/mol. The molecule has 2 aliphatic carbocycles. The standard InChI is InChI=1S/C11H21N/c1-3-10(12-4-2)11-8-6-5-7-9(8)11/h8-12H,3-7H2,1-2H3. The first-order chi connectivity index (χ1) is 5.88. The average Bonchev–Trinajstić information content (AvgIpc) is 2.59. The van der Waals surface area contributed by atoms with Crippen molar-refractivity contribution in [1.29, 1.82) is 0 Å². The Labute approximate surface area is 75.9 Å². The highest BCUT2D eigenvalue weighted by atomic mass is 14.9. The van der Waals surface area contributed by atoms with E-state index < -0.39 is 0 Å². The second kappa shape index (κ2) is 3.37. The minimum absolute atomic E-state index is 0.838. The molecule has 12 heavy (non-hydrogen) atoms. The number of rotatable bonds is 4. The Morgan fingerprint density at radius 2 is 1.92 bits per heavy atom. The molecule has 1 heteroatoms. The molecule has 0 aromatic heterocycles. The highest BCUT2D eigenvalue weighted by molar-refractivity contribution is 5.05. The van der Waals surface area contributed by atoms with E-state index in [9.17, 15) is 0 Å². The largest absolute Gasteiger partial charge is 0.314 e. The van der Waals surface area contributed by atoms with Gasteiger partial charge in [-0.05, 0) is 43.6 Å². The van der Waals surface area contributed by atoms with Gasteiger partial charge in [-0.2, -0.15) is 0 Å². The molecule has 0 spiro atoms. The maximum Gasteiger partial charge on any atom is 0.00980 e. The van der Waals surface area contributed by atoms with Crippen LogP contribution in [0.15, 0.2) is 0 Å². The maximum absolute atomic E-state index is 3.62. The summed E-state index contributed by atoms with van der Waals surface area (Å²) < 4.78 is 0. The number of hydrogen-bond donors (Lipinski definition) is 1. The van der Waals surface area contributed by atoms with Gasteiger partial charge in [0.1, 0.15) is 0 Å². The van der Waals surface area contributed by atoms with Crippen molar-refractivity contribution in [3.05, 3.63) is 0 Å². The van der Waals surface area contributed by atoms with Crippen LogP contribution in [0.1, 0.15) is 39.5 Å². The molecule has 0 saturated heterocycles. The van der Waals surface area contributed by atoms with Gasteiger partial charge < -0.3 is 5.32 Å². The van der Waals surface area contributed by atoms with Gasteiger partial charge in [0, 0.05) is 6.04 Å². The molecule has 0 heterocycles. The Morgan fingerprint density at radius 1 is 1.25 bits per heavy atom. The van der Waals surface area contributed by atoms with Gasteiger partial charge >= 0.3 is 0 Å². The normalized spacial score (nSPS) is 41.0. The number of hydrogen-bond acceptors (Lipinski definition) is 1. The van der Waals surface area contributed by atoms with Crippen LogP contribution < -0.4 is 5.32 Å². The Balaban J connectivity index is 1.84. The molecule has 3 atom stereocenters. The maximum atomic E-state index is 3.62. The molecule has 0 bridgehead atoms. The first-order valence-electron chi connectivity index (χ1n) is 5.61. The van der Waals surface area contributed by atoms with Crippen LogP contribution in [-0.4, -0.2) is 12.6 Å². The molecule has 70 valence electrons. The summed E-state index contributed by atoms with van der Waals surface area (Å²) in [7, 11) is 0. The average molecular weight is 167 g/mol. The summed E-state index contributed by atoms with van der Waals surface area (Å²) in [6, 6.07) is 0.838. The van der Waals surface area contributed by atoms with Crippen LogP contribution in [0.5, 0.6) is 0 Å². The van der Waals surface area contributed by atoms with Crippen molar-refractivity contribution in [3.8, 4) is 0 Å². The highest BCUT2D eigenvalue weighted by Gasteiger charge is 2.54. The van der Waals surface area contributed by atoms with Crippen molar-refractivity contribution in [2.24, 2.45) is 17.8 Å². The molecule has 0 amide bonds. The lowest BCUT2D eigenvalue weighted by molar-refractivity contribution is 0.403. The van der Waals surface area contributed by atoms with E-state index in [1.165, 1.54) is 25.7 Å². The predicted molar refractivity (Wildman–Crippen MR) is 52.1 cm³/mol. The highest BCUT2D eigenvalue weighted by Crippen LogP contribution is 2.59. The van der Waals surface area contributed by atoms with Crippen molar-refractivity contribution in [1.82, 2.24) is 5.32 Å². The fourth-order valence-corrected chi connectivity index (χ4v) is 3.29. The van der Waals surface area contributed by atoms with E-state index in [1.54, 1.807) is 0 Å². The molecule has 2 rings (SSSR count). The molecule has 2 fully saturated rings. The zero-order chi connectivity index (χ0) is 8.55. The lowest BCUT2D eigenvalue weighted by Gasteiger charge is -2.17. The topological polar surface area (TPSA) is 12.0 Å². The third kappa shape index (κ3) is 1.28. The summed E-state index contributed by atoms with van der Waals surface area (Å²) in [5, 5.41) is 3.62. The molecule has 1 nitrogen and oxygen atoms in total. The molecule has 0 aliphatic heterocycles. The van der Waals surface area contributed by atoms with Crippen LogP contribution in [0.2, 0.25) is 0 Å². The summed E-state index contributed by atoms with van der Waals surface area (Å²) in [6.45, 7) is 5.69. The van der Waals surface area contributed by atoms with Crippen LogP contribution in [0.3, 0.4) is 0 Å². The van der Waals surface area contributed by atoms with Gasteiger partial charge in [-0.3, -0.25) is 0 Å². The lowest BCUT2D eigenvalue weighted by atomic mass is 10.0. The summed E-state index contributed by atoms with van der Waals surface area (Å²) >= 11 is 0. The second-order valence-corrected chi connectivity index (χ2v) is 4.41. The van der Waals surface area contributed by atoms with Crippen molar-refractivity contribution < 1.29 is 0 Å². The predicted octanol–water partition coefficient (Wildman–Crippen LogP) is 2.42. The van der Waals surface area contributed by atoms with Gasteiger partial charge in [0.25, 0.3) is 0 Å².